The molecule has 0 heterocycles. The minimum Gasteiger partial charge on any atom is -0.378 e. The van der Waals surface area contributed by atoms with Crippen molar-refractivity contribution in [1.82, 2.24) is 10.7 Å². The van der Waals surface area contributed by atoms with Gasteiger partial charge in [-0.3, -0.25) is 9.59 Å². The molecule has 2 aromatic rings. The number of carbonyl (C=O) groups is 2. The van der Waals surface area contributed by atoms with E-state index in [4.69, 9.17) is 0 Å². The van der Waals surface area contributed by atoms with E-state index in [1.807, 2.05) is 73.6 Å². The normalized spacial score (nSPS) is 10.5. The lowest BCUT2D eigenvalue weighted by Gasteiger charge is -2.11. The molecule has 6 heteroatoms. The van der Waals surface area contributed by atoms with E-state index in [2.05, 4.69) is 15.8 Å². The van der Waals surface area contributed by atoms with E-state index in [9.17, 15) is 9.59 Å². The second-order valence-electron chi connectivity index (χ2n) is 6.04. The van der Waals surface area contributed by atoms with Crippen molar-refractivity contribution in [3.8, 4) is 0 Å². The molecule has 0 aliphatic heterocycles. The van der Waals surface area contributed by atoms with Gasteiger partial charge in [-0.15, -0.1) is 0 Å². The van der Waals surface area contributed by atoms with Crippen molar-refractivity contribution >= 4 is 23.7 Å². The number of aryl methyl sites for hydroxylation is 1. The van der Waals surface area contributed by atoms with Gasteiger partial charge in [-0.05, 0) is 29.7 Å². The SMILES string of the molecule is CN(C)c1ccc(/C=N\NC(=O)CNC(=O)CCc2ccccc2)cc1. The zero-order valence-electron chi connectivity index (χ0n) is 15.1. The van der Waals surface area contributed by atoms with Crippen LogP contribution in [0.25, 0.3) is 0 Å². The summed E-state index contributed by atoms with van der Waals surface area (Å²) in [6, 6.07) is 17.5. The monoisotopic (exact) mass is 352 g/mol. The summed E-state index contributed by atoms with van der Waals surface area (Å²) in [4.78, 5) is 25.5. The Bertz CT molecular complexity index is 740. The summed E-state index contributed by atoms with van der Waals surface area (Å²) in [5, 5.41) is 6.49. The van der Waals surface area contributed by atoms with Crippen molar-refractivity contribution in [3.05, 3.63) is 65.7 Å². The molecule has 0 radical (unpaired) electrons. The summed E-state index contributed by atoms with van der Waals surface area (Å²) in [5.41, 5.74) is 5.46. The fraction of sp³-hybridized carbons (Fsp3) is 0.250. The molecule has 0 unspecified atom stereocenters. The molecule has 2 N–H and O–H groups in total. The highest BCUT2D eigenvalue weighted by Crippen LogP contribution is 2.10. The Morgan fingerprint density at radius 1 is 1.00 bits per heavy atom. The summed E-state index contributed by atoms with van der Waals surface area (Å²) in [7, 11) is 3.94. The van der Waals surface area contributed by atoms with Crippen molar-refractivity contribution in [2.75, 3.05) is 25.5 Å². The first-order valence-electron chi connectivity index (χ1n) is 8.44. The van der Waals surface area contributed by atoms with Gasteiger partial charge in [0, 0.05) is 26.2 Å². The second kappa shape index (κ2) is 9.98. The fourth-order valence-electron chi connectivity index (χ4n) is 2.25. The minimum absolute atomic E-state index is 0.0927. The first-order valence-corrected chi connectivity index (χ1v) is 8.44. The summed E-state index contributed by atoms with van der Waals surface area (Å²) >= 11 is 0. The first-order chi connectivity index (χ1) is 12.5. The predicted molar refractivity (Wildman–Crippen MR) is 104 cm³/mol. The van der Waals surface area contributed by atoms with Gasteiger partial charge in [-0.25, -0.2) is 5.43 Å². The summed E-state index contributed by atoms with van der Waals surface area (Å²) in [5.74, 6) is -0.522. The van der Waals surface area contributed by atoms with Gasteiger partial charge in [0.1, 0.15) is 0 Å². The van der Waals surface area contributed by atoms with Crippen LogP contribution in [0.15, 0.2) is 59.7 Å². The summed E-state index contributed by atoms with van der Waals surface area (Å²) in [6.45, 7) is -0.0927. The predicted octanol–water partition coefficient (Wildman–Crippen LogP) is 1.95. The minimum atomic E-state index is -0.362. The number of carbonyl (C=O) groups excluding carboxylic acids is 2. The standard InChI is InChI=1S/C20H24N4O2/c1-24(2)18-11-8-17(9-12-18)14-22-23-20(26)15-21-19(25)13-10-16-6-4-3-5-7-16/h3-9,11-12,14H,10,13,15H2,1-2H3,(H,21,25)(H,23,26)/b22-14-. The summed E-state index contributed by atoms with van der Waals surface area (Å²) in [6.07, 6.45) is 2.56. The number of hydrazone groups is 1. The van der Waals surface area contributed by atoms with Crippen LogP contribution in [0.3, 0.4) is 0 Å². The number of nitrogens with one attached hydrogen (secondary N) is 2. The number of anilines is 1. The zero-order valence-corrected chi connectivity index (χ0v) is 15.1. The zero-order chi connectivity index (χ0) is 18.8. The highest BCUT2D eigenvalue weighted by molar-refractivity contribution is 5.86. The molecule has 0 atom stereocenters. The lowest BCUT2D eigenvalue weighted by atomic mass is 10.1. The Labute approximate surface area is 153 Å². The number of hydrogen-bond donors (Lipinski definition) is 2. The molecule has 0 saturated heterocycles. The molecule has 0 aromatic heterocycles. The van der Waals surface area contributed by atoms with Crippen molar-refractivity contribution in [2.24, 2.45) is 5.10 Å². The Morgan fingerprint density at radius 2 is 1.69 bits per heavy atom. The van der Waals surface area contributed by atoms with Gasteiger partial charge in [-0.2, -0.15) is 5.10 Å². The lowest BCUT2D eigenvalue weighted by molar-refractivity contribution is -0.126. The topological polar surface area (TPSA) is 73.8 Å². The summed E-state index contributed by atoms with van der Waals surface area (Å²) < 4.78 is 0. The smallest absolute Gasteiger partial charge is 0.259 e. The number of nitrogens with zero attached hydrogens (tertiary/aromatic N) is 2. The van der Waals surface area contributed by atoms with E-state index in [0.29, 0.717) is 12.8 Å². The maximum absolute atomic E-state index is 11.8. The van der Waals surface area contributed by atoms with E-state index >= 15 is 0 Å². The lowest BCUT2D eigenvalue weighted by Crippen LogP contribution is -2.35. The van der Waals surface area contributed by atoms with Gasteiger partial charge < -0.3 is 10.2 Å². The average Bonchev–Trinajstić information content (AvgIpc) is 2.66. The van der Waals surface area contributed by atoms with Crippen LogP contribution in [0.2, 0.25) is 0 Å². The van der Waals surface area contributed by atoms with Crippen LogP contribution in [0.5, 0.6) is 0 Å². The van der Waals surface area contributed by atoms with Crippen LogP contribution < -0.4 is 15.6 Å². The average molecular weight is 352 g/mol. The first kappa shape index (κ1) is 19.2. The van der Waals surface area contributed by atoms with Gasteiger partial charge in [0.2, 0.25) is 5.91 Å². The molecular formula is C20H24N4O2. The largest absolute Gasteiger partial charge is 0.378 e. The molecular weight excluding hydrogens is 328 g/mol. The van der Waals surface area contributed by atoms with E-state index in [-0.39, 0.29) is 18.4 Å². The van der Waals surface area contributed by atoms with Crippen LogP contribution >= 0.6 is 0 Å². The van der Waals surface area contributed by atoms with Crippen molar-refractivity contribution in [3.63, 3.8) is 0 Å². The molecule has 0 saturated carbocycles. The van der Waals surface area contributed by atoms with Crippen molar-refractivity contribution in [2.45, 2.75) is 12.8 Å². The second-order valence-corrected chi connectivity index (χ2v) is 6.04. The van der Waals surface area contributed by atoms with Gasteiger partial charge in [-0.1, -0.05) is 42.5 Å². The number of benzene rings is 2. The molecule has 2 amide bonds. The molecule has 0 fully saturated rings. The molecule has 0 aliphatic carbocycles. The molecule has 26 heavy (non-hydrogen) atoms. The maximum Gasteiger partial charge on any atom is 0.259 e. The van der Waals surface area contributed by atoms with Crippen LogP contribution in [0.4, 0.5) is 5.69 Å². The van der Waals surface area contributed by atoms with Gasteiger partial charge in [0.15, 0.2) is 0 Å². The van der Waals surface area contributed by atoms with Crippen LogP contribution in [0.1, 0.15) is 17.5 Å². The van der Waals surface area contributed by atoms with Gasteiger partial charge in [0.25, 0.3) is 5.91 Å². The third-order valence-electron chi connectivity index (χ3n) is 3.74. The number of rotatable bonds is 8. The van der Waals surface area contributed by atoms with Crippen LogP contribution in [-0.4, -0.2) is 38.7 Å². The Morgan fingerprint density at radius 3 is 2.35 bits per heavy atom. The van der Waals surface area contributed by atoms with Gasteiger partial charge in [0.05, 0.1) is 12.8 Å². The number of amides is 2. The molecule has 2 rings (SSSR count). The maximum atomic E-state index is 11.8. The molecule has 0 spiro atoms. The number of hydrogen-bond acceptors (Lipinski definition) is 4. The van der Waals surface area contributed by atoms with Crippen molar-refractivity contribution in [1.29, 1.82) is 0 Å². The molecule has 6 nitrogen and oxygen atoms in total. The molecule has 136 valence electrons. The Balaban J connectivity index is 1.67. The molecule has 0 bridgehead atoms. The van der Waals surface area contributed by atoms with Crippen LogP contribution in [-0.2, 0) is 16.0 Å². The van der Waals surface area contributed by atoms with E-state index in [1.165, 1.54) is 0 Å². The molecule has 2 aromatic carbocycles. The van der Waals surface area contributed by atoms with Gasteiger partial charge >= 0.3 is 0 Å². The highest BCUT2D eigenvalue weighted by atomic mass is 16.2. The molecule has 0 aliphatic rings. The van der Waals surface area contributed by atoms with Crippen LogP contribution in [0, 0.1) is 0 Å². The quantitative estimate of drug-likeness (QED) is 0.563. The van der Waals surface area contributed by atoms with Crippen molar-refractivity contribution < 1.29 is 9.59 Å². The van der Waals surface area contributed by atoms with E-state index in [0.717, 1.165) is 16.8 Å². The van der Waals surface area contributed by atoms with E-state index in [1.54, 1.807) is 6.21 Å². The Kier molecular flexibility index (Phi) is 7.36. The Hall–Kier alpha value is -3.15. The third-order valence-corrected chi connectivity index (χ3v) is 3.74. The fourth-order valence-corrected chi connectivity index (χ4v) is 2.25. The van der Waals surface area contributed by atoms with E-state index < -0.39 is 0 Å². The third kappa shape index (κ3) is 6.76. The highest BCUT2D eigenvalue weighted by Gasteiger charge is 2.05.